The minimum Gasteiger partial charge on any atom is -0.435 e. The molecule has 1 saturated heterocycles. The zero-order valence-corrected chi connectivity index (χ0v) is 12.8. The summed E-state index contributed by atoms with van der Waals surface area (Å²) in [7, 11) is 0. The van der Waals surface area contributed by atoms with Crippen molar-refractivity contribution in [3.05, 3.63) is 29.3 Å². The highest BCUT2D eigenvalue weighted by molar-refractivity contribution is 5.82. The van der Waals surface area contributed by atoms with Gasteiger partial charge in [-0.25, -0.2) is 8.78 Å². The monoisotopic (exact) mass is 346 g/mol. The maximum absolute atomic E-state index is 13.2. The van der Waals surface area contributed by atoms with Gasteiger partial charge >= 0.3 is 6.61 Å². The predicted molar refractivity (Wildman–Crippen MR) is 78.3 cm³/mol. The molecule has 2 atom stereocenters. The Bertz CT molecular complexity index is 624. The lowest BCUT2D eigenvalue weighted by Gasteiger charge is -2.28. The molecule has 2 N–H and O–H groups in total. The third-order valence-corrected chi connectivity index (χ3v) is 4.40. The third-order valence-electron chi connectivity index (χ3n) is 4.40. The van der Waals surface area contributed by atoms with E-state index in [0.29, 0.717) is 12.8 Å². The van der Waals surface area contributed by atoms with E-state index in [1.165, 1.54) is 6.07 Å². The molecule has 0 bridgehead atoms. The Morgan fingerprint density at radius 1 is 1.38 bits per heavy atom. The molecular weight excluding hydrogens is 328 g/mol. The molecule has 1 heterocycles. The SMILES string of the molecule is O=C(NC1CCCc2cc(OC(F)F)ccc21)C1CC(F)(F)CN1. The fourth-order valence-corrected chi connectivity index (χ4v) is 3.29. The van der Waals surface area contributed by atoms with Crippen molar-refractivity contribution in [2.24, 2.45) is 0 Å². The van der Waals surface area contributed by atoms with Crippen LogP contribution in [0.2, 0.25) is 0 Å². The first-order chi connectivity index (χ1) is 11.3. The van der Waals surface area contributed by atoms with Crippen LogP contribution in [0.25, 0.3) is 0 Å². The third kappa shape index (κ3) is 3.80. The largest absolute Gasteiger partial charge is 0.435 e. The molecule has 1 aromatic rings. The number of nitrogens with one attached hydrogen (secondary N) is 2. The molecule has 3 rings (SSSR count). The maximum Gasteiger partial charge on any atom is 0.387 e. The van der Waals surface area contributed by atoms with Gasteiger partial charge in [0, 0.05) is 6.42 Å². The normalized spacial score (nSPS) is 25.4. The number of alkyl halides is 4. The summed E-state index contributed by atoms with van der Waals surface area (Å²) in [4.78, 5) is 12.2. The highest BCUT2D eigenvalue weighted by Crippen LogP contribution is 2.33. The van der Waals surface area contributed by atoms with Gasteiger partial charge in [0.1, 0.15) is 5.75 Å². The first-order valence-corrected chi connectivity index (χ1v) is 7.83. The van der Waals surface area contributed by atoms with Gasteiger partial charge in [-0.05, 0) is 42.5 Å². The van der Waals surface area contributed by atoms with Crippen molar-refractivity contribution in [3.63, 3.8) is 0 Å². The Balaban J connectivity index is 1.69. The van der Waals surface area contributed by atoms with Crippen LogP contribution in [0.4, 0.5) is 17.6 Å². The van der Waals surface area contributed by atoms with Crippen molar-refractivity contribution >= 4 is 5.91 Å². The zero-order chi connectivity index (χ0) is 17.3. The van der Waals surface area contributed by atoms with Crippen LogP contribution in [0.5, 0.6) is 5.75 Å². The lowest BCUT2D eigenvalue weighted by Crippen LogP contribution is -2.42. The van der Waals surface area contributed by atoms with E-state index in [-0.39, 0.29) is 11.8 Å². The second kappa shape index (κ2) is 6.58. The van der Waals surface area contributed by atoms with E-state index in [0.717, 1.165) is 17.5 Å². The molecule has 1 aromatic carbocycles. The Hall–Kier alpha value is -1.83. The smallest absolute Gasteiger partial charge is 0.387 e. The first-order valence-electron chi connectivity index (χ1n) is 7.83. The van der Waals surface area contributed by atoms with Gasteiger partial charge in [-0.2, -0.15) is 8.78 Å². The zero-order valence-electron chi connectivity index (χ0n) is 12.8. The second-order valence-electron chi connectivity index (χ2n) is 6.19. The Morgan fingerprint density at radius 2 is 2.17 bits per heavy atom. The number of aryl methyl sites for hydroxylation is 1. The van der Waals surface area contributed by atoms with Crippen LogP contribution in [0.15, 0.2) is 18.2 Å². The van der Waals surface area contributed by atoms with E-state index in [4.69, 9.17) is 0 Å². The van der Waals surface area contributed by atoms with Gasteiger partial charge in [0.15, 0.2) is 0 Å². The molecule has 2 unspecified atom stereocenters. The van der Waals surface area contributed by atoms with Crippen molar-refractivity contribution in [2.75, 3.05) is 6.54 Å². The Labute approximate surface area is 136 Å². The number of hydrogen-bond acceptors (Lipinski definition) is 3. The highest BCUT2D eigenvalue weighted by Gasteiger charge is 2.42. The summed E-state index contributed by atoms with van der Waals surface area (Å²) in [5.41, 5.74) is 1.65. The molecule has 132 valence electrons. The Kier molecular flexibility index (Phi) is 4.67. The first kappa shape index (κ1) is 17.0. The van der Waals surface area contributed by atoms with Crippen molar-refractivity contribution in [3.8, 4) is 5.75 Å². The van der Waals surface area contributed by atoms with E-state index in [2.05, 4.69) is 15.4 Å². The summed E-state index contributed by atoms with van der Waals surface area (Å²) in [5, 5.41) is 5.32. The van der Waals surface area contributed by atoms with E-state index in [9.17, 15) is 22.4 Å². The van der Waals surface area contributed by atoms with Crippen molar-refractivity contribution < 1.29 is 27.1 Å². The van der Waals surface area contributed by atoms with Crippen molar-refractivity contribution in [1.82, 2.24) is 10.6 Å². The predicted octanol–water partition coefficient (Wildman–Crippen LogP) is 2.78. The van der Waals surface area contributed by atoms with Crippen molar-refractivity contribution in [2.45, 2.75) is 50.3 Å². The minimum absolute atomic E-state index is 0.0767. The quantitative estimate of drug-likeness (QED) is 0.825. The highest BCUT2D eigenvalue weighted by atomic mass is 19.3. The molecule has 8 heteroatoms. The van der Waals surface area contributed by atoms with Gasteiger partial charge in [0.05, 0.1) is 18.6 Å². The van der Waals surface area contributed by atoms with E-state index < -0.39 is 37.4 Å². The molecule has 1 amide bonds. The number of rotatable bonds is 4. The number of halogens is 4. The molecule has 24 heavy (non-hydrogen) atoms. The number of amides is 1. The molecule has 1 fully saturated rings. The number of carbonyl (C=O) groups is 1. The molecule has 0 radical (unpaired) electrons. The number of carbonyl (C=O) groups excluding carboxylic acids is 1. The lowest BCUT2D eigenvalue weighted by atomic mass is 9.87. The second-order valence-corrected chi connectivity index (χ2v) is 6.19. The fraction of sp³-hybridized carbons (Fsp3) is 0.562. The summed E-state index contributed by atoms with van der Waals surface area (Å²) in [5.74, 6) is -3.25. The molecule has 1 aliphatic heterocycles. The summed E-state index contributed by atoms with van der Waals surface area (Å²) in [6, 6.07) is 3.40. The van der Waals surface area contributed by atoms with Crippen LogP contribution in [0, 0.1) is 0 Å². The van der Waals surface area contributed by atoms with E-state index >= 15 is 0 Å². The number of hydrogen-bond donors (Lipinski definition) is 2. The minimum atomic E-state index is -2.89. The summed E-state index contributed by atoms with van der Waals surface area (Å²) in [6.07, 6.45) is 1.63. The van der Waals surface area contributed by atoms with Gasteiger partial charge in [-0.3, -0.25) is 10.1 Å². The number of benzene rings is 1. The molecule has 4 nitrogen and oxygen atoms in total. The fourth-order valence-electron chi connectivity index (χ4n) is 3.29. The van der Waals surface area contributed by atoms with Gasteiger partial charge in [-0.15, -0.1) is 0 Å². The number of fused-ring (bicyclic) bond motifs is 1. The standard InChI is InChI=1S/C16H18F4N2O2/c17-15(18)24-10-4-5-11-9(6-10)2-1-3-12(11)22-14(23)13-7-16(19,20)8-21-13/h4-6,12-13,15,21H,1-3,7-8H2,(H,22,23). The van der Waals surface area contributed by atoms with Gasteiger partial charge in [-0.1, -0.05) is 6.07 Å². The molecule has 1 aliphatic carbocycles. The van der Waals surface area contributed by atoms with Crippen molar-refractivity contribution in [1.29, 1.82) is 0 Å². The van der Waals surface area contributed by atoms with Crippen LogP contribution in [0.1, 0.15) is 36.4 Å². The molecule has 0 saturated carbocycles. The molecule has 0 aromatic heterocycles. The maximum atomic E-state index is 13.2. The average molecular weight is 346 g/mol. The topological polar surface area (TPSA) is 50.4 Å². The lowest BCUT2D eigenvalue weighted by molar-refractivity contribution is -0.124. The van der Waals surface area contributed by atoms with Crippen LogP contribution < -0.4 is 15.4 Å². The van der Waals surface area contributed by atoms with Gasteiger partial charge in [0.2, 0.25) is 5.91 Å². The summed E-state index contributed by atoms with van der Waals surface area (Å²) < 4.78 is 55.4. The van der Waals surface area contributed by atoms with Crippen LogP contribution in [0.3, 0.4) is 0 Å². The molecule has 0 spiro atoms. The van der Waals surface area contributed by atoms with Crippen LogP contribution in [-0.4, -0.2) is 31.0 Å². The van der Waals surface area contributed by atoms with Gasteiger partial charge in [0.25, 0.3) is 5.92 Å². The molecular formula is C16H18F4N2O2. The van der Waals surface area contributed by atoms with Gasteiger partial charge < -0.3 is 10.1 Å². The van der Waals surface area contributed by atoms with E-state index in [1.807, 2.05) is 0 Å². The summed E-state index contributed by atoms with van der Waals surface area (Å²) in [6.45, 7) is -3.39. The number of ether oxygens (including phenoxy) is 1. The Morgan fingerprint density at radius 3 is 2.83 bits per heavy atom. The van der Waals surface area contributed by atoms with Crippen LogP contribution in [-0.2, 0) is 11.2 Å². The molecule has 2 aliphatic rings. The summed E-state index contributed by atoms with van der Waals surface area (Å²) >= 11 is 0. The van der Waals surface area contributed by atoms with Crippen LogP contribution >= 0.6 is 0 Å². The van der Waals surface area contributed by atoms with E-state index in [1.54, 1.807) is 12.1 Å². The average Bonchev–Trinajstić information content (AvgIpc) is 2.87.